The number of amides is 1. The van der Waals surface area contributed by atoms with E-state index in [-0.39, 0.29) is 12.1 Å². The van der Waals surface area contributed by atoms with Crippen molar-refractivity contribution in [3.05, 3.63) is 89.6 Å². The van der Waals surface area contributed by atoms with Gasteiger partial charge in [0.2, 0.25) is 0 Å². The quantitative estimate of drug-likeness (QED) is 0.585. The third-order valence-electron chi connectivity index (χ3n) is 4.46. The first-order chi connectivity index (χ1) is 13.5. The van der Waals surface area contributed by atoms with E-state index < -0.39 is 17.5 Å². The van der Waals surface area contributed by atoms with Crippen molar-refractivity contribution in [2.24, 2.45) is 0 Å². The highest BCUT2D eigenvalue weighted by Gasteiger charge is 2.14. The lowest BCUT2D eigenvalue weighted by molar-refractivity contribution is 0.0952. The third kappa shape index (κ3) is 3.34. The number of halogens is 2. The number of pyridine rings is 1. The Morgan fingerprint density at radius 3 is 2.71 bits per heavy atom. The molecule has 0 saturated carbocycles. The molecule has 0 aliphatic carbocycles. The van der Waals surface area contributed by atoms with Gasteiger partial charge in [-0.2, -0.15) is 0 Å². The molecule has 0 aliphatic rings. The van der Waals surface area contributed by atoms with Crippen LogP contribution in [0.5, 0.6) is 0 Å². The van der Waals surface area contributed by atoms with Crippen LogP contribution in [0.25, 0.3) is 16.6 Å². The number of carbonyl (C=O) groups is 1. The Hall–Kier alpha value is -3.61. The number of benzene rings is 2. The minimum absolute atomic E-state index is 0.101. The summed E-state index contributed by atoms with van der Waals surface area (Å²) in [5, 5.41) is 3.24. The largest absolute Gasteiger partial charge is 0.348 e. The third-order valence-corrected chi connectivity index (χ3v) is 4.46. The molecule has 1 N–H and O–H groups in total. The van der Waals surface area contributed by atoms with Gasteiger partial charge in [0.05, 0.1) is 16.8 Å². The van der Waals surface area contributed by atoms with Gasteiger partial charge in [0.15, 0.2) is 0 Å². The van der Waals surface area contributed by atoms with Crippen LogP contribution in [0.4, 0.5) is 8.78 Å². The van der Waals surface area contributed by atoms with Gasteiger partial charge >= 0.3 is 0 Å². The second-order valence-electron chi connectivity index (χ2n) is 6.34. The van der Waals surface area contributed by atoms with Crippen LogP contribution in [-0.2, 0) is 6.54 Å². The normalized spacial score (nSPS) is 11.0. The minimum atomic E-state index is -0.517. The number of aromatic nitrogens is 3. The van der Waals surface area contributed by atoms with Gasteiger partial charge in [-0.3, -0.25) is 9.78 Å². The summed E-state index contributed by atoms with van der Waals surface area (Å²) in [6.45, 7) is 1.88. The minimum Gasteiger partial charge on any atom is -0.348 e. The average Bonchev–Trinajstić information content (AvgIpc) is 3.11. The standard InChI is InChI=1S/C21H16F2N4O/c1-13-24-7-8-27(13)19-5-4-14(9-18(19)23)12-26-21(28)17-11-16(22)10-15-3-2-6-25-20(15)17/h2-11H,12H2,1H3,(H,26,28). The lowest BCUT2D eigenvalue weighted by Crippen LogP contribution is -2.23. The molecule has 0 spiro atoms. The van der Waals surface area contributed by atoms with Crippen molar-refractivity contribution < 1.29 is 13.6 Å². The predicted molar refractivity (Wildman–Crippen MR) is 101 cm³/mol. The van der Waals surface area contributed by atoms with E-state index in [0.29, 0.717) is 28.0 Å². The summed E-state index contributed by atoms with van der Waals surface area (Å²) in [4.78, 5) is 20.8. The van der Waals surface area contributed by atoms with E-state index in [4.69, 9.17) is 0 Å². The second-order valence-corrected chi connectivity index (χ2v) is 6.34. The molecule has 0 atom stereocenters. The van der Waals surface area contributed by atoms with Gasteiger partial charge in [0, 0.05) is 30.5 Å². The maximum atomic E-state index is 14.5. The zero-order valence-electron chi connectivity index (χ0n) is 15.0. The fraction of sp³-hybridized carbons (Fsp3) is 0.0952. The number of aryl methyl sites for hydroxylation is 1. The highest BCUT2D eigenvalue weighted by atomic mass is 19.1. The van der Waals surface area contributed by atoms with Crippen LogP contribution < -0.4 is 5.32 Å². The van der Waals surface area contributed by atoms with Gasteiger partial charge in [-0.15, -0.1) is 0 Å². The summed E-state index contributed by atoms with van der Waals surface area (Å²) < 4.78 is 29.9. The molecule has 2 heterocycles. The molecule has 7 heteroatoms. The zero-order chi connectivity index (χ0) is 19.7. The van der Waals surface area contributed by atoms with E-state index in [1.54, 1.807) is 54.3 Å². The maximum Gasteiger partial charge on any atom is 0.253 e. The van der Waals surface area contributed by atoms with Crippen molar-refractivity contribution in [3.63, 3.8) is 0 Å². The Morgan fingerprint density at radius 2 is 1.96 bits per heavy atom. The van der Waals surface area contributed by atoms with E-state index in [1.807, 2.05) is 0 Å². The van der Waals surface area contributed by atoms with Gasteiger partial charge in [-0.05, 0) is 42.8 Å². The Morgan fingerprint density at radius 1 is 1.11 bits per heavy atom. The number of hydrogen-bond acceptors (Lipinski definition) is 3. The molecule has 1 amide bonds. The van der Waals surface area contributed by atoms with Crippen LogP contribution in [0.3, 0.4) is 0 Å². The summed E-state index contributed by atoms with van der Waals surface area (Å²) in [5.41, 5.74) is 1.52. The summed E-state index contributed by atoms with van der Waals surface area (Å²) in [7, 11) is 0. The molecule has 0 saturated heterocycles. The molecule has 2 aromatic heterocycles. The van der Waals surface area contributed by atoms with Crippen molar-refractivity contribution in [1.82, 2.24) is 19.9 Å². The molecule has 4 aromatic rings. The molecule has 0 unspecified atom stereocenters. The lowest BCUT2D eigenvalue weighted by atomic mass is 10.1. The topological polar surface area (TPSA) is 59.8 Å². The number of rotatable bonds is 4. The average molecular weight is 378 g/mol. The van der Waals surface area contributed by atoms with Gasteiger partial charge < -0.3 is 9.88 Å². The first-order valence-corrected chi connectivity index (χ1v) is 8.64. The maximum absolute atomic E-state index is 14.5. The lowest BCUT2D eigenvalue weighted by Gasteiger charge is -2.10. The van der Waals surface area contributed by atoms with Crippen LogP contribution >= 0.6 is 0 Å². The molecule has 5 nitrogen and oxygen atoms in total. The fourth-order valence-electron chi connectivity index (χ4n) is 3.09. The highest BCUT2D eigenvalue weighted by Crippen LogP contribution is 2.19. The number of nitrogens with one attached hydrogen (secondary N) is 1. The van der Waals surface area contributed by atoms with E-state index in [2.05, 4.69) is 15.3 Å². The van der Waals surface area contributed by atoms with Gasteiger partial charge in [0.1, 0.15) is 17.5 Å². The van der Waals surface area contributed by atoms with Crippen molar-refractivity contribution >= 4 is 16.8 Å². The van der Waals surface area contributed by atoms with E-state index in [0.717, 1.165) is 6.07 Å². The molecule has 0 aliphatic heterocycles. The van der Waals surface area contributed by atoms with Crippen LogP contribution in [0.15, 0.2) is 61.1 Å². The second kappa shape index (κ2) is 7.19. The number of carbonyl (C=O) groups excluding carboxylic acids is 1. The number of hydrogen-bond donors (Lipinski definition) is 1. The molecule has 4 rings (SSSR count). The molecule has 0 bridgehead atoms. The monoisotopic (exact) mass is 378 g/mol. The van der Waals surface area contributed by atoms with Crippen LogP contribution in [0.2, 0.25) is 0 Å². The Balaban J connectivity index is 1.55. The van der Waals surface area contributed by atoms with Crippen LogP contribution in [-0.4, -0.2) is 20.4 Å². The van der Waals surface area contributed by atoms with Gasteiger partial charge in [-0.25, -0.2) is 13.8 Å². The van der Waals surface area contributed by atoms with Crippen LogP contribution in [0, 0.1) is 18.6 Å². The van der Waals surface area contributed by atoms with Crippen molar-refractivity contribution in [2.45, 2.75) is 13.5 Å². The predicted octanol–water partition coefficient (Wildman–Crippen LogP) is 3.94. The van der Waals surface area contributed by atoms with Crippen molar-refractivity contribution in [2.75, 3.05) is 0 Å². The van der Waals surface area contributed by atoms with Gasteiger partial charge in [-0.1, -0.05) is 12.1 Å². The molecule has 140 valence electrons. The van der Waals surface area contributed by atoms with E-state index in [1.165, 1.54) is 12.1 Å². The zero-order valence-corrected chi connectivity index (χ0v) is 15.0. The number of nitrogens with zero attached hydrogens (tertiary/aromatic N) is 3. The molecule has 28 heavy (non-hydrogen) atoms. The Bertz CT molecular complexity index is 1190. The molecular formula is C21H16F2N4O. The summed E-state index contributed by atoms with van der Waals surface area (Å²) >= 11 is 0. The molecule has 0 radical (unpaired) electrons. The number of imidazole rings is 1. The van der Waals surface area contributed by atoms with E-state index in [9.17, 15) is 13.6 Å². The van der Waals surface area contributed by atoms with Crippen molar-refractivity contribution in [1.29, 1.82) is 0 Å². The smallest absolute Gasteiger partial charge is 0.253 e. The fourth-order valence-corrected chi connectivity index (χ4v) is 3.09. The SMILES string of the molecule is Cc1nccn1-c1ccc(CNC(=O)c2cc(F)cc3cccnc23)cc1F. The highest BCUT2D eigenvalue weighted by molar-refractivity contribution is 6.05. The van der Waals surface area contributed by atoms with E-state index >= 15 is 0 Å². The van der Waals surface area contributed by atoms with Gasteiger partial charge in [0.25, 0.3) is 5.91 Å². The summed E-state index contributed by atoms with van der Waals surface area (Å²) in [5.74, 6) is -0.744. The first-order valence-electron chi connectivity index (χ1n) is 8.64. The first kappa shape index (κ1) is 17.8. The molecule has 2 aromatic carbocycles. The summed E-state index contributed by atoms with van der Waals surface area (Å²) in [6, 6.07) is 10.5. The number of fused-ring (bicyclic) bond motifs is 1. The molecule has 0 fully saturated rings. The summed E-state index contributed by atoms with van der Waals surface area (Å²) in [6.07, 6.45) is 4.82. The Kier molecular flexibility index (Phi) is 4.57. The van der Waals surface area contributed by atoms with Crippen LogP contribution in [0.1, 0.15) is 21.7 Å². The Labute approximate surface area is 159 Å². The molecular weight excluding hydrogens is 362 g/mol. The van der Waals surface area contributed by atoms with Crippen molar-refractivity contribution in [3.8, 4) is 5.69 Å².